The van der Waals surface area contributed by atoms with Crippen LogP contribution in [0.3, 0.4) is 0 Å². The summed E-state index contributed by atoms with van der Waals surface area (Å²) < 4.78 is 8.41. The quantitative estimate of drug-likeness (QED) is 0.647. The van der Waals surface area contributed by atoms with Crippen molar-refractivity contribution in [1.82, 2.24) is 9.47 Å². The van der Waals surface area contributed by atoms with Gasteiger partial charge in [0.2, 0.25) is 5.90 Å². The Balaban J connectivity index is 1.55. The molecule has 174 valence electrons. The minimum atomic E-state index is -0.120. The second-order valence-electron chi connectivity index (χ2n) is 8.40. The number of anilines is 1. The fourth-order valence-electron chi connectivity index (χ4n) is 4.15. The van der Waals surface area contributed by atoms with Gasteiger partial charge >= 0.3 is 0 Å². The Morgan fingerprint density at radius 2 is 2.06 bits per heavy atom. The highest BCUT2D eigenvalue weighted by Crippen LogP contribution is 2.14. The first kappa shape index (κ1) is 23.3. The van der Waals surface area contributed by atoms with Gasteiger partial charge in [-0.05, 0) is 63.4 Å². The zero-order chi connectivity index (χ0) is 23.2. The molecule has 7 nitrogen and oxygen atoms in total. The molecule has 0 amide bonds. The molecule has 2 aromatic rings. The van der Waals surface area contributed by atoms with Crippen molar-refractivity contribution < 1.29 is 4.74 Å². The van der Waals surface area contributed by atoms with Gasteiger partial charge in [0.05, 0.1) is 6.04 Å². The van der Waals surface area contributed by atoms with Crippen LogP contribution in [0.25, 0.3) is 11.8 Å². The van der Waals surface area contributed by atoms with Crippen LogP contribution in [0.5, 0.6) is 0 Å². The minimum Gasteiger partial charge on any atom is -0.475 e. The molecule has 1 fully saturated rings. The van der Waals surface area contributed by atoms with Gasteiger partial charge in [0, 0.05) is 25.0 Å². The van der Waals surface area contributed by atoms with E-state index in [0.29, 0.717) is 33.8 Å². The van der Waals surface area contributed by atoms with Crippen molar-refractivity contribution >= 4 is 34.7 Å². The zero-order valence-corrected chi connectivity index (χ0v) is 20.2. The molecule has 1 aromatic heterocycles. The number of nitrogens with one attached hydrogen (secondary N) is 1. The molecule has 1 atom stereocenters. The van der Waals surface area contributed by atoms with Gasteiger partial charge in [0.25, 0.3) is 5.56 Å². The maximum atomic E-state index is 13.0. The maximum Gasteiger partial charge on any atom is 0.270 e. The van der Waals surface area contributed by atoms with Crippen LogP contribution in [-0.2, 0) is 17.7 Å². The molecule has 33 heavy (non-hydrogen) atoms. The fourth-order valence-corrected chi connectivity index (χ4v) is 5.23. The number of ether oxygens (including phenoxy) is 1. The van der Waals surface area contributed by atoms with Crippen molar-refractivity contribution in [3.63, 3.8) is 0 Å². The molecular formula is C25H31N5O2S. The standard InChI is InChI=1S/C25H31N5O2S/c1-3-19-17-32-23(28-19)21(15-26)25-30(4-2)24(31)22(33-25)16-27-20-9-7-18(8-10-20)11-14-29-12-5-6-13-29/h7-10,16,19,27H,3-6,11-14,17H2,1-2H3/t19-/m0/s1. The van der Waals surface area contributed by atoms with Crippen molar-refractivity contribution in [3.05, 3.63) is 49.4 Å². The third-order valence-electron chi connectivity index (χ3n) is 6.19. The molecular weight excluding hydrogens is 434 g/mol. The van der Waals surface area contributed by atoms with Gasteiger partial charge in [0.1, 0.15) is 27.4 Å². The fraction of sp³-hybridized carbons (Fsp3) is 0.480. The van der Waals surface area contributed by atoms with E-state index in [4.69, 9.17) is 4.74 Å². The van der Waals surface area contributed by atoms with Gasteiger partial charge in [-0.15, -0.1) is 11.3 Å². The zero-order valence-electron chi connectivity index (χ0n) is 19.3. The average molecular weight is 466 g/mol. The third kappa shape index (κ3) is 5.37. The third-order valence-corrected chi connectivity index (χ3v) is 7.32. The van der Waals surface area contributed by atoms with E-state index in [-0.39, 0.29) is 11.6 Å². The minimum absolute atomic E-state index is 0.0659. The molecule has 0 unspecified atom stereocenters. The van der Waals surface area contributed by atoms with Gasteiger partial charge in [-0.3, -0.25) is 9.36 Å². The molecule has 1 N–H and O–H groups in total. The number of benzene rings is 1. The smallest absolute Gasteiger partial charge is 0.270 e. The number of hydrogen-bond donors (Lipinski definition) is 1. The maximum absolute atomic E-state index is 13.0. The van der Waals surface area contributed by atoms with Gasteiger partial charge in [-0.1, -0.05) is 19.1 Å². The number of rotatable bonds is 8. The number of thiazole rings is 1. The first-order chi connectivity index (χ1) is 16.1. The monoisotopic (exact) mass is 465 g/mol. The molecule has 8 heteroatoms. The largest absolute Gasteiger partial charge is 0.475 e. The topological polar surface area (TPSA) is 82.6 Å². The molecule has 2 aliphatic heterocycles. The highest BCUT2D eigenvalue weighted by molar-refractivity contribution is 7.07. The Hall–Kier alpha value is -2.89. The number of nitrogens with zero attached hydrogens (tertiary/aromatic N) is 4. The van der Waals surface area contributed by atoms with Gasteiger partial charge in [-0.2, -0.15) is 5.26 Å². The predicted octanol–water partition coefficient (Wildman–Crippen LogP) is 2.30. The summed E-state index contributed by atoms with van der Waals surface area (Å²) in [6, 6.07) is 10.6. The van der Waals surface area contributed by atoms with Crippen molar-refractivity contribution in [2.75, 3.05) is 31.6 Å². The van der Waals surface area contributed by atoms with Crippen molar-refractivity contribution in [2.24, 2.45) is 4.99 Å². The van der Waals surface area contributed by atoms with Gasteiger partial charge < -0.3 is 15.0 Å². The van der Waals surface area contributed by atoms with Crippen LogP contribution in [-0.4, -0.2) is 47.6 Å². The summed E-state index contributed by atoms with van der Waals surface area (Å²) >= 11 is 1.29. The molecule has 0 saturated carbocycles. The lowest BCUT2D eigenvalue weighted by Gasteiger charge is -2.14. The number of likely N-dealkylation sites (tertiary alicyclic amines) is 1. The van der Waals surface area contributed by atoms with Gasteiger partial charge in [0.15, 0.2) is 0 Å². The Bertz CT molecular complexity index is 1210. The van der Waals surface area contributed by atoms with Crippen LogP contribution in [0.15, 0.2) is 34.1 Å². The Morgan fingerprint density at radius 1 is 1.30 bits per heavy atom. The number of aliphatic imine (C=N–C) groups is 1. The van der Waals surface area contributed by atoms with Gasteiger partial charge in [-0.25, -0.2) is 4.99 Å². The summed E-state index contributed by atoms with van der Waals surface area (Å²) in [7, 11) is 0. The molecule has 3 heterocycles. The highest BCUT2D eigenvalue weighted by Gasteiger charge is 2.22. The Kier molecular flexibility index (Phi) is 7.63. The highest BCUT2D eigenvalue weighted by atomic mass is 32.1. The van der Waals surface area contributed by atoms with E-state index in [0.717, 1.165) is 25.1 Å². The van der Waals surface area contributed by atoms with E-state index in [1.807, 2.05) is 26.0 Å². The molecule has 0 bridgehead atoms. The lowest BCUT2D eigenvalue weighted by molar-refractivity contribution is 0.317. The van der Waals surface area contributed by atoms with Crippen molar-refractivity contribution in [3.8, 4) is 6.07 Å². The first-order valence-corrected chi connectivity index (χ1v) is 12.6. The van der Waals surface area contributed by atoms with E-state index >= 15 is 0 Å². The normalized spacial score (nSPS) is 19.8. The van der Waals surface area contributed by atoms with Crippen molar-refractivity contribution in [2.45, 2.75) is 52.1 Å². The van der Waals surface area contributed by atoms with Crippen molar-refractivity contribution in [1.29, 1.82) is 5.26 Å². The summed E-state index contributed by atoms with van der Waals surface area (Å²) in [6.45, 7) is 8.44. The predicted molar refractivity (Wildman–Crippen MR) is 134 cm³/mol. The van der Waals surface area contributed by atoms with Crippen LogP contribution in [0.1, 0.15) is 38.7 Å². The number of hydrogen-bond acceptors (Lipinski definition) is 7. The van der Waals surface area contributed by atoms with E-state index in [1.165, 1.54) is 42.8 Å². The Labute approximate surface area is 198 Å². The first-order valence-electron chi connectivity index (χ1n) is 11.8. The Morgan fingerprint density at radius 3 is 2.70 bits per heavy atom. The van der Waals surface area contributed by atoms with Crippen LogP contribution in [0.2, 0.25) is 0 Å². The molecule has 4 rings (SSSR count). The summed E-state index contributed by atoms with van der Waals surface area (Å²) in [6.07, 6.45) is 6.27. The van der Waals surface area contributed by atoms with Crippen LogP contribution in [0, 0.1) is 11.3 Å². The summed E-state index contributed by atoms with van der Waals surface area (Å²) in [5.74, 6) is 0.344. The van der Waals surface area contributed by atoms with E-state index in [9.17, 15) is 10.1 Å². The van der Waals surface area contributed by atoms with E-state index in [2.05, 4.69) is 33.4 Å². The molecule has 1 aromatic carbocycles. The molecule has 2 aliphatic rings. The second-order valence-corrected chi connectivity index (χ2v) is 9.43. The molecule has 0 radical (unpaired) electrons. The summed E-state index contributed by atoms with van der Waals surface area (Å²) in [4.78, 5) is 20.0. The van der Waals surface area contributed by atoms with Crippen LogP contribution < -0.4 is 20.1 Å². The summed E-state index contributed by atoms with van der Waals surface area (Å²) in [5, 5.41) is 13.0. The lowest BCUT2D eigenvalue weighted by atomic mass is 10.1. The van der Waals surface area contributed by atoms with Crippen LogP contribution >= 0.6 is 11.3 Å². The number of nitriles is 1. The van der Waals surface area contributed by atoms with E-state index < -0.39 is 0 Å². The van der Waals surface area contributed by atoms with Crippen LogP contribution in [0.4, 0.5) is 5.69 Å². The summed E-state index contributed by atoms with van der Waals surface area (Å²) in [5.41, 5.74) is 2.45. The number of aromatic nitrogens is 1. The molecule has 1 saturated heterocycles. The second kappa shape index (κ2) is 10.8. The average Bonchev–Trinajstić information content (AvgIpc) is 3.59. The molecule has 0 spiro atoms. The lowest BCUT2D eigenvalue weighted by Crippen LogP contribution is -2.32. The SMILES string of the molecule is CC[C@H]1COC(C(C#N)=c2sc(=CNc3ccc(CCN4CCCC4)cc3)c(=O)n2CC)=N1. The molecule has 0 aliphatic carbocycles. The van der Waals surface area contributed by atoms with E-state index in [1.54, 1.807) is 10.8 Å².